The fraction of sp³-hybridized carbons (Fsp3) is 0.286. The average molecular weight is 644 g/mol. The molecule has 4 rings (SSSR count). The number of ether oxygens (including phenoxy) is 5. The van der Waals surface area contributed by atoms with Crippen molar-refractivity contribution in [3.8, 4) is 17.2 Å². The van der Waals surface area contributed by atoms with E-state index in [1.165, 1.54) is 0 Å². The van der Waals surface area contributed by atoms with Crippen LogP contribution in [0.1, 0.15) is 29.9 Å². The normalized spacial score (nSPS) is 17.6. The first kappa shape index (κ1) is 32.9. The monoisotopic (exact) mass is 644 g/mol. The number of hydrogen-bond acceptors (Lipinski definition) is 5. The van der Waals surface area contributed by atoms with E-state index in [1.54, 1.807) is 19.1 Å². The zero-order valence-corrected chi connectivity index (χ0v) is 22.1. The highest BCUT2D eigenvalue weighted by atomic mass is 19.4. The van der Waals surface area contributed by atoms with Crippen LogP contribution in [0.5, 0.6) is 17.2 Å². The number of allylic oxidation sites excluding steroid dienone is 1. The van der Waals surface area contributed by atoms with E-state index in [2.05, 4.69) is 9.47 Å². The maximum atomic E-state index is 14.8. The quantitative estimate of drug-likeness (QED) is 0.173. The lowest BCUT2D eigenvalue weighted by Crippen LogP contribution is -2.28. The highest BCUT2D eigenvalue weighted by Gasteiger charge is 2.42. The van der Waals surface area contributed by atoms with Gasteiger partial charge in [0.1, 0.15) is 29.6 Å². The first-order valence-corrected chi connectivity index (χ1v) is 12.4. The van der Waals surface area contributed by atoms with Gasteiger partial charge in [-0.25, -0.2) is 26.3 Å². The lowest BCUT2D eigenvalue weighted by molar-refractivity contribution is -0.276. The summed E-state index contributed by atoms with van der Waals surface area (Å²) in [5.74, 6) is -14.9. The van der Waals surface area contributed by atoms with Crippen LogP contribution in [-0.2, 0) is 22.2 Å². The van der Waals surface area contributed by atoms with Gasteiger partial charge in [0.15, 0.2) is 35.3 Å². The summed E-state index contributed by atoms with van der Waals surface area (Å²) in [5, 5.41) is 0. The SMILES string of the molecule is C/C=C/C1COC(c2cc(F)c(C(F)(F)Oc3cc(F)c(OCc4cc(F)c(OC(F)(F)F)c(F)c4)c(F)c3)c(F)c2)OC1. The predicted octanol–water partition coefficient (Wildman–Crippen LogP) is 8.36. The molecule has 0 N–H and O–H groups in total. The van der Waals surface area contributed by atoms with Gasteiger partial charge >= 0.3 is 12.5 Å². The molecule has 3 aromatic rings. The Bertz CT molecular complexity index is 1460. The third-order valence-electron chi connectivity index (χ3n) is 5.89. The molecule has 44 heavy (non-hydrogen) atoms. The van der Waals surface area contributed by atoms with Gasteiger partial charge in [0.05, 0.1) is 13.2 Å². The highest BCUT2D eigenvalue weighted by molar-refractivity contribution is 5.37. The molecule has 0 aromatic heterocycles. The van der Waals surface area contributed by atoms with E-state index in [0.717, 1.165) is 0 Å². The Balaban J connectivity index is 1.47. The fourth-order valence-electron chi connectivity index (χ4n) is 4.10. The van der Waals surface area contributed by atoms with Gasteiger partial charge in [0.2, 0.25) is 5.75 Å². The Kier molecular flexibility index (Phi) is 9.63. The van der Waals surface area contributed by atoms with E-state index in [1.807, 2.05) is 0 Å². The summed E-state index contributed by atoms with van der Waals surface area (Å²) in [5.41, 5.74) is -2.66. The number of hydrogen-bond donors (Lipinski definition) is 0. The van der Waals surface area contributed by atoms with E-state index in [-0.39, 0.29) is 36.8 Å². The summed E-state index contributed by atoms with van der Waals surface area (Å²) >= 11 is 0. The molecule has 0 atom stereocenters. The molecular weight excluding hydrogens is 625 g/mol. The van der Waals surface area contributed by atoms with E-state index in [9.17, 15) is 48.3 Å². The van der Waals surface area contributed by atoms with Gasteiger partial charge in [0, 0.05) is 23.6 Å². The van der Waals surface area contributed by atoms with Crippen molar-refractivity contribution in [3.05, 3.63) is 100 Å². The second-order valence-corrected chi connectivity index (χ2v) is 9.20. The molecule has 1 aliphatic rings. The van der Waals surface area contributed by atoms with Gasteiger partial charge in [0.25, 0.3) is 0 Å². The molecular formula is C28H19F11O5. The molecule has 238 valence electrons. The van der Waals surface area contributed by atoms with Crippen molar-refractivity contribution in [2.75, 3.05) is 13.2 Å². The molecule has 3 aromatic carbocycles. The summed E-state index contributed by atoms with van der Waals surface area (Å²) in [6.45, 7) is 1.03. The van der Waals surface area contributed by atoms with Crippen molar-refractivity contribution in [1.82, 2.24) is 0 Å². The van der Waals surface area contributed by atoms with Crippen LogP contribution >= 0.6 is 0 Å². The molecule has 16 heteroatoms. The second-order valence-electron chi connectivity index (χ2n) is 9.20. The molecule has 0 unspecified atom stereocenters. The summed E-state index contributed by atoms with van der Waals surface area (Å²) in [7, 11) is 0. The van der Waals surface area contributed by atoms with Crippen LogP contribution in [-0.4, -0.2) is 19.6 Å². The molecule has 0 spiro atoms. The van der Waals surface area contributed by atoms with E-state index in [0.29, 0.717) is 24.3 Å². The molecule has 0 aliphatic carbocycles. The molecule has 0 bridgehead atoms. The molecule has 5 nitrogen and oxygen atoms in total. The van der Waals surface area contributed by atoms with Crippen LogP contribution in [0.3, 0.4) is 0 Å². The van der Waals surface area contributed by atoms with E-state index < -0.39 is 88.6 Å². The van der Waals surface area contributed by atoms with Crippen molar-refractivity contribution in [2.24, 2.45) is 5.92 Å². The molecule has 1 aliphatic heterocycles. The molecule has 0 radical (unpaired) electrons. The summed E-state index contributed by atoms with van der Waals surface area (Å²) in [4.78, 5) is 0. The Hall–Kier alpha value is -4.05. The zero-order valence-electron chi connectivity index (χ0n) is 22.1. The van der Waals surface area contributed by atoms with E-state index >= 15 is 0 Å². The zero-order chi connectivity index (χ0) is 32.4. The average Bonchev–Trinajstić information content (AvgIpc) is 2.89. The van der Waals surface area contributed by atoms with E-state index in [4.69, 9.17) is 14.2 Å². The molecule has 0 amide bonds. The van der Waals surface area contributed by atoms with Crippen LogP contribution in [0.15, 0.2) is 48.6 Å². The van der Waals surface area contributed by atoms with Crippen LogP contribution in [0.25, 0.3) is 0 Å². The maximum absolute atomic E-state index is 14.8. The van der Waals surface area contributed by atoms with Crippen LogP contribution in [0.4, 0.5) is 48.3 Å². The Morgan fingerprint density at radius 2 is 1.25 bits per heavy atom. The second kappa shape index (κ2) is 12.9. The van der Waals surface area contributed by atoms with Crippen molar-refractivity contribution < 1.29 is 72.0 Å². The topological polar surface area (TPSA) is 46.2 Å². The van der Waals surface area contributed by atoms with Gasteiger partial charge in [-0.1, -0.05) is 12.2 Å². The van der Waals surface area contributed by atoms with Crippen molar-refractivity contribution in [3.63, 3.8) is 0 Å². The molecule has 1 heterocycles. The summed E-state index contributed by atoms with van der Waals surface area (Å²) in [6.07, 6.45) is -7.93. The maximum Gasteiger partial charge on any atom is 0.573 e. The summed E-state index contributed by atoms with van der Waals surface area (Å²) in [6, 6.07) is 2.06. The first-order chi connectivity index (χ1) is 20.6. The molecule has 1 fully saturated rings. The van der Waals surface area contributed by atoms with Crippen LogP contribution in [0, 0.1) is 40.8 Å². The van der Waals surface area contributed by atoms with Gasteiger partial charge in [-0.3, -0.25) is 0 Å². The van der Waals surface area contributed by atoms with Crippen molar-refractivity contribution in [2.45, 2.75) is 32.3 Å². The Labute approximate surface area is 241 Å². The van der Waals surface area contributed by atoms with Crippen molar-refractivity contribution in [1.29, 1.82) is 0 Å². The number of alkyl halides is 5. The van der Waals surface area contributed by atoms with Crippen LogP contribution in [0.2, 0.25) is 0 Å². The Morgan fingerprint density at radius 1 is 0.727 bits per heavy atom. The standard InChI is InChI=1S/C28H19F11O5/c1-2-3-13-10-41-26(42-11-13)15-6-17(29)23(18(30)7-15)27(35,36)43-16-8-21(33)24(22(34)9-16)40-12-14-4-19(31)25(20(32)5-14)44-28(37,38)39/h2-9,13,26H,10-12H2,1H3/b3-2+. The minimum absolute atomic E-state index is 0.125. The lowest BCUT2D eigenvalue weighted by Gasteiger charge is -2.28. The number of rotatable bonds is 9. The van der Waals surface area contributed by atoms with Gasteiger partial charge in [-0.15, -0.1) is 13.2 Å². The first-order valence-electron chi connectivity index (χ1n) is 12.4. The van der Waals surface area contributed by atoms with Gasteiger partial charge < -0.3 is 23.7 Å². The van der Waals surface area contributed by atoms with Gasteiger partial charge in [-0.2, -0.15) is 8.78 Å². The Morgan fingerprint density at radius 3 is 1.75 bits per heavy atom. The fourth-order valence-corrected chi connectivity index (χ4v) is 4.10. The third-order valence-corrected chi connectivity index (χ3v) is 5.89. The highest BCUT2D eigenvalue weighted by Crippen LogP contribution is 2.39. The minimum Gasteiger partial charge on any atom is -0.483 e. The summed E-state index contributed by atoms with van der Waals surface area (Å²) < 4.78 is 176. The third kappa shape index (κ3) is 7.72. The molecule has 0 saturated carbocycles. The number of halogens is 11. The largest absolute Gasteiger partial charge is 0.573 e. The molecule has 1 saturated heterocycles. The van der Waals surface area contributed by atoms with Gasteiger partial charge in [-0.05, 0) is 36.8 Å². The van der Waals surface area contributed by atoms with Crippen molar-refractivity contribution >= 4 is 0 Å². The smallest absolute Gasteiger partial charge is 0.483 e. The lowest BCUT2D eigenvalue weighted by atomic mass is 10.1. The minimum atomic E-state index is -5.41. The van der Waals surface area contributed by atoms with Crippen LogP contribution < -0.4 is 14.2 Å². The predicted molar refractivity (Wildman–Crippen MR) is 128 cm³/mol. The number of benzene rings is 3.